The van der Waals surface area contributed by atoms with Gasteiger partial charge in [-0.3, -0.25) is 0 Å². The van der Waals surface area contributed by atoms with E-state index in [-0.39, 0.29) is 12.7 Å². The van der Waals surface area contributed by atoms with Crippen molar-refractivity contribution in [3.05, 3.63) is 12.0 Å². The van der Waals surface area contributed by atoms with Crippen LogP contribution in [-0.2, 0) is 9.47 Å². The van der Waals surface area contributed by atoms with Crippen LogP contribution in [0.15, 0.2) is 12.0 Å². The summed E-state index contributed by atoms with van der Waals surface area (Å²) in [5.74, 6) is -0.0359. The molecule has 3 heteroatoms. The molecule has 0 aromatic carbocycles. The van der Waals surface area contributed by atoms with Crippen LogP contribution < -0.4 is 0 Å². The average molecular weight is 102 g/mol. The zero-order chi connectivity index (χ0) is 5.11. The molecule has 1 aliphatic rings. The fourth-order valence-corrected chi connectivity index (χ4v) is 0.339. The summed E-state index contributed by atoms with van der Waals surface area (Å²) < 4.78 is 9.15. The maximum Gasteiger partial charge on any atom is 0.276 e. The van der Waals surface area contributed by atoms with E-state index in [0.29, 0.717) is 6.61 Å². The molecule has 0 unspecified atom stereocenters. The topological polar surface area (TPSA) is 38.7 Å². The molecular weight excluding hydrogens is 96.0 g/mol. The van der Waals surface area contributed by atoms with Gasteiger partial charge in [-0.15, -0.1) is 0 Å². The standard InChI is InChI=1S/C4H6O3/c5-4-1-2-6-3-7-4/h1,5H,2-3H2. The number of aliphatic hydroxyl groups excluding tert-OH is 1. The summed E-state index contributed by atoms with van der Waals surface area (Å²) in [5.41, 5.74) is 0. The molecule has 1 heterocycles. The Bertz CT molecular complexity index is 86.9. The highest BCUT2D eigenvalue weighted by Gasteiger charge is 1.97. The molecule has 0 aromatic heterocycles. The van der Waals surface area contributed by atoms with E-state index in [1.807, 2.05) is 0 Å². The first-order valence-corrected chi connectivity index (χ1v) is 1.99. The lowest BCUT2D eigenvalue weighted by Crippen LogP contribution is -2.06. The number of hydrogen-bond acceptors (Lipinski definition) is 3. The Morgan fingerprint density at radius 2 is 2.57 bits per heavy atom. The third kappa shape index (κ3) is 1.08. The van der Waals surface area contributed by atoms with Gasteiger partial charge in [-0.1, -0.05) is 0 Å². The van der Waals surface area contributed by atoms with Gasteiger partial charge in [-0.05, 0) is 0 Å². The maximum atomic E-state index is 8.47. The minimum absolute atomic E-state index is 0.0359. The number of aliphatic hydroxyl groups is 1. The average Bonchev–Trinajstić information content (AvgIpc) is 1.69. The highest BCUT2D eigenvalue weighted by atomic mass is 16.7. The Balaban J connectivity index is 2.40. The smallest absolute Gasteiger partial charge is 0.276 e. The lowest BCUT2D eigenvalue weighted by Gasteiger charge is -2.08. The number of ether oxygens (including phenoxy) is 2. The summed E-state index contributed by atoms with van der Waals surface area (Å²) in [6.07, 6.45) is 1.46. The first-order chi connectivity index (χ1) is 3.39. The molecule has 0 bridgehead atoms. The van der Waals surface area contributed by atoms with Gasteiger partial charge in [0.2, 0.25) is 0 Å². The Hall–Kier alpha value is -0.700. The van der Waals surface area contributed by atoms with Crippen LogP contribution >= 0.6 is 0 Å². The van der Waals surface area contributed by atoms with Gasteiger partial charge in [0.05, 0.1) is 6.61 Å². The molecule has 1 aliphatic heterocycles. The van der Waals surface area contributed by atoms with Gasteiger partial charge in [-0.25, -0.2) is 0 Å². The van der Waals surface area contributed by atoms with Crippen LogP contribution in [0.5, 0.6) is 0 Å². The minimum atomic E-state index is -0.0359. The van der Waals surface area contributed by atoms with E-state index in [4.69, 9.17) is 5.11 Å². The van der Waals surface area contributed by atoms with Crippen molar-refractivity contribution < 1.29 is 14.6 Å². The zero-order valence-electron chi connectivity index (χ0n) is 3.76. The van der Waals surface area contributed by atoms with Crippen LogP contribution in [0, 0.1) is 0 Å². The Morgan fingerprint density at radius 1 is 1.71 bits per heavy atom. The van der Waals surface area contributed by atoms with Crippen molar-refractivity contribution in [2.24, 2.45) is 0 Å². The Kier molecular flexibility index (Phi) is 1.17. The molecule has 3 nitrogen and oxygen atoms in total. The summed E-state index contributed by atoms with van der Waals surface area (Å²) in [6.45, 7) is 0.619. The van der Waals surface area contributed by atoms with Gasteiger partial charge >= 0.3 is 0 Å². The zero-order valence-corrected chi connectivity index (χ0v) is 3.76. The molecule has 0 aromatic rings. The van der Waals surface area contributed by atoms with Gasteiger partial charge in [0.1, 0.15) is 0 Å². The first-order valence-electron chi connectivity index (χ1n) is 1.99. The molecule has 0 aliphatic carbocycles. The largest absolute Gasteiger partial charge is 0.481 e. The van der Waals surface area contributed by atoms with Crippen molar-refractivity contribution in [2.45, 2.75) is 0 Å². The van der Waals surface area contributed by atoms with Crippen LogP contribution in [0.3, 0.4) is 0 Å². The molecule has 0 spiro atoms. The van der Waals surface area contributed by atoms with Gasteiger partial charge in [0.15, 0.2) is 6.79 Å². The van der Waals surface area contributed by atoms with E-state index >= 15 is 0 Å². The normalized spacial score (nSPS) is 20.3. The maximum absolute atomic E-state index is 8.47. The van der Waals surface area contributed by atoms with E-state index in [9.17, 15) is 0 Å². The second-order valence-electron chi connectivity index (χ2n) is 1.18. The summed E-state index contributed by atoms with van der Waals surface area (Å²) in [6, 6.07) is 0. The monoisotopic (exact) mass is 102 g/mol. The molecular formula is C4H6O3. The van der Waals surface area contributed by atoms with E-state index < -0.39 is 0 Å². The summed E-state index contributed by atoms with van der Waals surface area (Å²) in [5, 5.41) is 8.47. The predicted octanol–water partition coefficient (Wildman–Crippen LogP) is 0.390. The minimum Gasteiger partial charge on any atom is -0.481 e. The molecule has 0 saturated heterocycles. The van der Waals surface area contributed by atoms with Gasteiger partial charge in [-0.2, -0.15) is 0 Å². The molecule has 40 valence electrons. The predicted molar refractivity (Wildman–Crippen MR) is 22.6 cm³/mol. The number of rotatable bonds is 0. The molecule has 0 amide bonds. The van der Waals surface area contributed by atoms with E-state index in [2.05, 4.69) is 9.47 Å². The highest BCUT2D eigenvalue weighted by molar-refractivity contribution is 4.82. The molecule has 0 fully saturated rings. The van der Waals surface area contributed by atoms with Gasteiger partial charge in [0, 0.05) is 6.08 Å². The van der Waals surface area contributed by atoms with Gasteiger partial charge in [0.25, 0.3) is 5.95 Å². The lowest BCUT2D eigenvalue weighted by atomic mass is 10.6. The third-order valence-corrected chi connectivity index (χ3v) is 0.666. The fraction of sp³-hybridized carbons (Fsp3) is 0.500. The molecule has 7 heavy (non-hydrogen) atoms. The molecule has 1 rings (SSSR count). The summed E-state index contributed by atoms with van der Waals surface area (Å²) in [7, 11) is 0. The van der Waals surface area contributed by atoms with Crippen LogP contribution in [0.25, 0.3) is 0 Å². The van der Waals surface area contributed by atoms with Crippen LogP contribution in [0.4, 0.5) is 0 Å². The van der Waals surface area contributed by atoms with Crippen LogP contribution in [0.1, 0.15) is 0 Å². The van der Waals surface area contributed by atoms with Crippen molar-refractivity contribution in [2.75, 3.05) is 13.4 Å². The van der Waals surface area contributed by atoms with Crippen molar-refractivity contribution in [1.29, 1.82) is 0 Å². The quantitative estimate of drug-likeness (QED) is 0.480. The van der Waals surface area contributed by atoms with Crippen molar-refractivity contribution >= 4 is 0 Å². The third-order valence-electron chi connectivity index (χ3n) is 0.666. The Morgan fingerprint density at radius 3 is 2.86 bits per heavy atom. The first kappa shape index (κ1) is 4.46. The van der Waals surface area contributed by atoms with Crippen LogP contribution in [0.2, 0.25) is 0 Å². The highest BCUT2D eigenvalue weighted by Crippen LogP contribution is 1.97. The lowest BCUT2D eigenvalue weighted by molar-refractivity contribution is -0.0701. The summed E-state index contributed by atoms with van der Waals surface area (Å²) in [4.78, 5) is 0. The molecule has 0 radical (unpaired) electrons. The van der Waals surface area contributed by atoms with Crippen molar-refractivity contribution in [3.63, 3.8) is 0 Å². The van der Waals surface area contributed by atoms with Gasteiger partial charge < -0.3 is 14.6 Å². The van der Waals surface area contributed by atoms with Crippen molar-refractivity contribution in [3.8, 4) is 0 Å². The molecule has 1 N–H and O–H groups in total. The Labute approximate surface area is 41.2 Å². The SMILES string of the molecule is OC1=CCOCO1. The van der Waals surface area contributed by atoms with Crippen molar-refractivity contribution in [1.82, 2.24) is 0 Å². The van der Waals surface area contributed by atoms with E-state index in [1.54, 1.807) is 0 Å². The fourth-order valence-electron chi connectivity index (χ4n) is 0.339. The van der Waals surface area contributed by atoms with Crippen LogP contribution in [-0.4, -0.2) is 18.5 Å². The second-order valence-corrected chi connectivity index (χ2v) is 1.18. The summed E-state index contributed by atoms with van der Waals surface area (Å²) >= 11 is 0. The van der Waals surface area contributed by atoms with E-state index in [1.165, 1.54) is 6.08 Å². The number of hydrogen-bond donors (Lipinski definition) is 1. The molecule has 0 atom stereocenters. The second kappa shape index (κ2) is 1.84. The van der Waals surface area contributed by atoms with E-state index in [0.717, 1.165) is 0 Å². The molecule has 0 saturated carbocycles.